The number of rotatable bonds is 3. The Morgan fingerprint density at radius 3 is 2.52 bits per heavy atom. The highest BCUT2D eigenvalue weighted by atomic mass is 79.9. The van der Waals surface area contributed by atoms with E-state index in [9.17, 15) is 9.59 Å². The number of carbonyl (C=O) groups is 2. The van der Waals surface area contributed by atoms with Crippen LogP contribution in [0.2, 0.25) is 5.02 Å². The van der Waals surface area contributed by atoms with Crippen molar-refractivity contribution in [2.45, 2.75) is 18.9 Å². The Hall–Kier alpha value is -1.92. The maximum absolute atomic E-state index is 12.4. The lowest BCUT2D eigenvalue weighted by molar-refractivity contribution is 0.0698. The maximum Gasteiger partial charge on any atom is 0.253 e. The normalized spacial score (nSPS) is 15.0. The van der Waals surface area contributed by atoms with Crippen molar-refractivity contribution >= 4 is 39.3 Å². The van der Waals surface area contributed by atoms with Gasteiger partial charge in [-0.1, -0.05) is 11.6 Å². The Kier molecular flexibility index (Phi) is 5.71. The second-order valence-corrected chi connectivity index (χ2v) is 7.19. The number of amides is 2. The van der Waals surface area contributed by atoms with Crippen LogP contribution in [0.15, 0.2) is 47.2 Å². The van der Waals surface area contributed by atoms with Crippen molar-refractivity contribution in [3.8, 4) is 0 Å². The van der Waals surface area contributed by atoms with E-state index in [2.05, 4.69) is 26.2 Å². The first-order valence-electron chi connectivity index (χ1n) is 8.00. The van der Waals surface area contributed by atoms with Crippen LogP contribution in [-0.2, 0) is 0 Å². The van der Waals surface area contributed by atoms with Gasteiger partial charge >= 0.3 is 0 Å². The quantitative estimate of drug-likeness (QED) is 0.823. The van der Waals surface area contributed by atoms with Crippen molar-refractivity contribution in [2.75, 3.05) is 13.1 Å². The summed E-state index contributed by atoms with van der Waals surface area (Å²) < 4.78 is 0.708. The van der Waals surface area contributed by atoms with Gasteiger partial charge in [0.15, 0.2) is 0 Å². The molecule has 1 aliphatic heterocycles. The van der Waals surface area contributed by atoms with Crippen LogP contribution >= 0.6 is 27.5 Å². The molecular weight excluding hydrogens is 406 g/mol. The van der Waals surface area contributed by atoms with Gasteiger partial charge in [-0.05, 0) is 59.1 Å². The maximum atomic E-state index is 12.4. The molecule has 0 saturated carbocycles. The standard InChI is InChI=1S/C18H17BrClN3O2/c19-16-2-1-13(20)11-15(16)17(24)22-14-5-9-23(10-6-14)18(25)12-3-7-21-8-4-12/h1-4,7-8,11,14H,5-6,9-10H2,(H,22,24). The molecule has 0 aliphatic carbocycles. The number of nitrogens with one attached hydrogen (secondary N) is 1. The Balaban J connectivity index is 1.57. The molecule has 2 amide bonds. The fourth-order valence-electron chi connectivity index (χ4n) is 2.84. The van der Waals surface area contributed by atoms with E-state index in [0.717, 1.165) is 12.8 Å². The Labute approximate surface area is 159 Å². The highest BCUT2D eigenvalue weighted by Crippen LogP contribution is 2.22. The molecule has 2 aromatic rings. The van der Waals surface area contributed by atoms with Crippen LogP contribution in [-0.4, -0.2) is 40.8 Å². The molecule has 0 spiro atoms. The zero-order valence-electron chi connectivity index (χ0n) is 13.4. The Morgan fingerprint density at radius 1 is 1.16 bits per heavy atom. The predicted octanol–water partition coefficient (Wildman–Crippen LogP) is 3.53. The highest BCUT2D eigenvalue weighted by Gasteiger charge is 2.25. The van der Waals surface area contributed by atoms with Crippen molar-refractivity contribution in [2.24, 2.45) is 0 Å². The zero-order valence-corrected chi connectivity index (χ0v) is 15.8. The van der Waals surface area contributed by atoms with Gasteiger partial charge in [-0.3, -0.25) is 14.6 Å². The number of nitrogens with zero attached hydrogens (tertiary/aromatic N) is 2. The molecule has 1 aromatic heterocycles. The van der Waals surface area contributed by atoms with Crippen molar-refractivity contribution in [1.82, 2.24) is 15.2 Å². The van der Waals surface area contributed by atoms with Crippen LogP contribution in [0.3, 0.4) is 0 Å². The van der Waals surface area contributed by atoms with Crippen molar-refractivity contribution in [1.29, 1.82) is 0 Å². The third-order valence-corrected chi connectivity index (χ3v) is 5.14. The lowest BCUT2D eigenvalue weighted by Gasteiger charge is -2.32. The molecule has 1 saturated heterocycles. The van der Waals surface area contributed by atoms with Gasteiger partial charge in [-0.25, -0.2) is 0 Å². The van der Waals surface area contributed by atoms with Crippen LogP contribution in [0, 0.1) is 0 Å². The van der Waals surface area contributed by atoms with Crippen molar-refractivity contribution in [3.63, 3.8) is 0 Å². The summed E-state index contributed by atoms with van der Waals surface area (Å²) in [5.74, 6) is -0.155. The minimum Gasteiger partial charge on any atom is -0.349 e. The van der Waals surface area contributed by atoms with Crippen LogP contribution in [0.25, 0.3) is 0 Å². The lowest BCUT2D eigenvalue weighted by atomic mass is 10.0. The summed E-state index contributed by atoms with van der Waals surface area (Å²) >= 11 is 9.34. The third-order valence-electron chi connectivity index (χ3n) is 4.22. The van der Waals surface area contributed by atoms with Crippen LogP contribution in [0.4, 0.5) is 0 Å². The van der Waals surface area contributed by atoms with Gasteiger partial charge in [0.25, 0.3) is 11.8 Å². The summed E-state index contributed by atoms with van der Waals surface area (Å²) in [4.78, 5) is 30.6. The molecular formula is C18H17BrClN3O2. The fourth-order valence-corrected chi connectivity index (χ4v) is 3.44. The van der Waals surface area contributed by atoms with Crippen LogP contribution < -0.4 is 5.32 Å². The number of benzene rings is 1. The molecule has 1 aromatic carbocycles. The number of likely N-dealkylation sites (tertiary alicyclic amines) is 1. The lowest BCUT2D eigenvalue weighted by Crippen LogP contribution is -2.46. The van der Waals surface area contributed by atoms with E-state index in [1.165, 1.54) is 0 Å². The third kappa shape index (κ3) is 4.38. The number of aromatic nitrogens is 1. The van der Waals surface area contributed by atoms with Gasteiger partial charge in [-0.15, -0.1) is 0 Å². The molecule has 2 heterocycles. The highest BCUT2D eigenvalue weighted by molar-refractivity contribution is 9.10. The first-order chi connectivity index (χ1) is 12.0. The first kappa shape index (κ1) is 17.9. The molecule has 1 aliphatic rings. The van der Waals surface area contributed by atoms with E-state index in [4.69, 9.17) is 11.6 Å². The van der Waals surface area contributed by atoms with Gasteiger partial charge in [0.05, 0.1) is 5.56 Å². The summed E-state index contributed by atoms with van der Waals surface area (Å²) in [7, 11) is 0. The number of pyridine rings is 1. The van der Waals surface area contributed by atoms with E-state index in [1.807, 2.05) is 4.90 Å². The summed E-state index contributed by atoms with van der Waals surface area (Å²) in [6.07, 6.45) is 4.67. The summed E-state index contributed by atoms with van der Waals surface area (Å²) in [6.45, 7) is 1.23. The van der Waals surface area contributed by atoms with E-state index >= 15 is 0 Å². The van der Waals surface area contributed by atoms with Gasteiger partial charge in [0.2, 0.25) is 0 Å². The van der Waals surface area contributed by atoms with Crippen LogP contribution in [0.5, 0.6) is 0 Å². The number of piperidine rings is 1. The topological polar surface area (TPSA) is 62.3 Å². The SMILES string of the molecule is O=C(NC1CCN(C(=O)c2ccncc2)CC1)c1cc(Cl)ccc1Br. The van der Waals surface area contributed by atoms with Crippen molar-refractivity contribution in [3.05, 3.63) is 63.3 Å². The molecule has 5 nitrogen and oxygen atoms in total. The summed E-state index contributed by atoms with van der Waals surface area (Å²) in [5.41, 5.74) is 1.16. The second-order valence-electron chi connectivity index (χ2n) is 5.90. The molecule has 0 atom stereocenters. The number of carbonyl (C=O) groups excluding carboxylic acids is 2. The number of hydrogen-bond acceptors (Lipinski definition) is 3. The monoisotopic (exact) mass is 421 g/mol. The Morgan fingerprint density at radius 2 is 1.84 bits per heavy atom. The fraction of sp³-hybridized carbons (Fsp3) is 0.278. The zero-order chi connectivity index (χ0) is 17.8. The smallest absolute Gasteiger partial charge is 0.253 e. The van der Waals surface area contributed by atoms with Gasteiger partial charge in [0.1, 0.15) is 0 Å². The second kappa shape index (κ2) is 7.97. The van der Waals surface area contributed by atoms with Crippen LogP contribution in [0.1, 0.15) is 33.6 Å². The van der Waals surface area contributed by atoms with E-state index in [-0.39, 0.29) is 17.9 Å². The summed E-state index contributed by atoms with van der Waals surface area (Å²) in [5, 5.41) is 3.55. The van der Waals surface area contributed by atoms with E-state index in [1.54, 1.807) is 42.7 Å². The molecule has 1 N–H and O–H groups in total. The van der Waals surface area contributed by atoms with Crippen molar-refractivity contribution < 1.29 is 9.59 Å². The molecule has 25 heavy (non-hydrogen) atoms. The average molecular weight is 423 g/mol. The molecule has 0 unspecified atom stereocenters. The largest absolute Gasteiger partial charge is 0.349 e. The molecule has 0 bridgehead atoms. The Bertz CT molecular complexity index is 777. The van der Waals surface area contributed by atoms with E-state index < -0.39 is 0 Å². The minimum atomic E-state index is -0.159. The van der Waals surface area contributed by atoms with E-state index in [0.29, 0.717) is 33.7 Å². The number of hydrogen-bond donors (Lipinski definition) is 1. The molecule has 0 radical (unpaired) electrons. The predicted molar refractivity (Wildman–Crippen MR) is 99.8 cm³/mol. The first-order valence-corrected chi connectivity index (χ1v) is 9.17. The molecule has 1 fully saturated rings. The van der Waals surface area contributed by atoms with Gasteiger partial charge < -0.3 is 10.2 Å². The summed E-state index contributed by atoms with van der Waals surface area (Å²) in [6, 6.07) is 8.60. The number of halogens is 2. The minimum absolute atomic E-state index is 0.00441. The molecule has 130 valence electrons. The molecule has 7 heteroatoms. The molecule has 3 rings (SSSR count). The average Bonchev–Trinajstić information content (AvgIpc) is 2.64. The van der Waals surface area contributed by atoms with Gasteiger partial charge in [-0.2, -0.15) is 0 Å². The van der Waals surface area contributed by atoms with Gasteiger partial charge in [0, 0.05) is 46.6 Å².